The average Bonchev–Trinajstić information content (AvgIpc) is 2.88. The van der Waals surface area contributed by atoms with Crippen LogP contribution in [0.2, 0.25) is 0 Å². The molecule has 2 heterocycles. The number of amides is 1. The van der Waals surface area contributed by atoms with Crippen molar-refractivity contribution in [3.05, 3.63) is 75.1 Å². The number of nitrogens with one attached hydrogen (secondary N) is 1. The first-order valence-electron chi connectivity index (χ1n) is 12.4. The van der Waals surface area contributed by atoms with E-state index >= 15 is 0 Å². The molecule has 0 radical (unpaired) electrons. The fourth-order valence-corrected chi connectivity index (χ4v) is 4.60. The maximum Gasteiger partial charge on any atom is 0.339 e. The van der Waals surface area contributed by atoms with Gasteiger partial charge in [0, 0.05) is 62.7 Å². The van der Waals surface area contributed by atoms with E-state index in [0.29, 0.717) is 29.9 Å². The van der Waals surface area contributed by atoms with Crippen LogP contribution < -0.4 is 15.7 Å². The first kappa shape index (κ1) is 24.9. The van der Waals surface area contributed by atoms with Gasteiger partial charge in [0.1, 0.15) is 11.3 Å². The van der Waals surface area contributed by atoms with E-state index in [0.717, 1.165) is 55.8 Å². The molecular formula is C28H35N3O4. The normalized spacial score (nSPS) is 14.8. The third kappa shape index (κ3) is 6.29. The fraction of sp³-hybridized carbons (Fsp3) is 0.429. The van der Waals surface area contributed by atoms with Crippen LogP contribution in [0, 0.1) is 6.92 Å². The fourth-order valence-electron chi connectivity index (χ4n) is 4.60. The second-order valence-corrected chi connectivity index (χ2v) is 9.16. The van der Waals surface area contributed by atoms with Gasteiger partial charge in [-0.15, -0.1) is 0 Å². The highest BCUT2D eigenvalue weighted by molar-refractivity contribution is 5.82. The molecule has 1 saturated heterocycles. The Morgan fingerprint density at radius 2 is 1.71 bits per heavy atom. The molecule has 1 fully saturated rings. The van der Waals surface area contributed by atoms with E-state index in [4.69, 9.17) is 9.15 Å². The maximum atomic E-state index is 12.5. The Bertz CT molecular complexity index is 1210. The van der Waals surface area contributed by atoms with Crippen LogP contribution in [0.4, 0.5) is 0 Å². The molecule has 0 bridgehead atoms. The van der Waals surface area contributed by atoms with Gasteiger partial charge in [0.15, 0.2) is 0 Å². The zero-order valence-corrected chi connectivity index (χ0v) is 20.9. The monoisotopic (exact) mass is 477 g/mol. The number of piperazine rings is 1. The number of aryl methyl sites for hydroxylation is 1. The molecule has 1 N–H and O–H groups in total. The summed E-state index contributed by atoms with van der Waals surface area (Å²) in [6, 6.07) is 13.9. The number of fused-ring (bicyclic) bond motifs is 1. The summed E-state index contributed by atoms with van der Waals surface area (Å²) in [6.45, 7) is 11.1. The number of ether oxygens (including phenoxy) is 1. The minimum Gasteiger partial charge on any atom is -0.497 e. The van der Waals surface area contributed by atoms with E-state index < -0.39 is 5.63 Å². The molecule has 0 unspecified atom stereocenters. The van der Waals surface area contributed by atoms with Crippen molar-refractivity contribution in [3.63, 3.8) is 0 Å². The molecule has 1 amide bonds. The zero-order chi connectivity index (χ0) is 24.8. The minimum absolute atomic E-state index is 0.0866. The van der Waals surface area contributed by atoms with Crippen LogP contribution in [0.25, 0.3) is 11.0 Å². The summed E-state index contributed by atoms with van der Waals surface area (Å²) in [4.78, 5) is 29.9. The Balaban J connectivity index is 1.27. The Morgan fingerprint density at radius 1 is 1.03 bits per heavy atom. The highest BCUT2D eigenvalue weighted by Crippen LogP contribution is 2.24. The molecule has 4 rings (SSSR count). The molecule has 0 atom stereocenters. The summed E-state index contributed by atoms with van der Waals surface area (Å²) in [5, 5.41) is 3.82. The van der Waals surface area contributed by atoms with E-state index in [1.165, 1.54) is 5.56 Å². The lowest BCUT2D eigenvalue weighted by Crippen LogP contribution is -2.45. The molecule has 0 saturated carbocycles. The first-order chi connectivity index (χ1) is 17.0. The second-order valence-electron chi connectivity index (χ2n) is 9.16. The van der Waals surface area contributed by atoms with Crippen molar-refractivity contribution in [2.24, 2.45) is 0 Å². The molecule has 1 aliphatic heterocycles. The number of carbonyl (C=O) groups is 1. The lowest BCUT2D eigenvalue weighted by atomic mass is 10.0. The van der Waals surface area contributed by atoms with Gasteiger partial charge in [-0.05, 0) is 48.7 Å². The van der Waals surface area contributed by atoms with Crippen molar-refractivity contribution in [1.29, 1.82) is 0 Å². The summed E-state index contributed by atoms with van der Waals surface area (Å²) in [7, 11) is 1.57. The van der Waals surface area contributed by atoms with Crippen LogP contribution in [0.1, 0.15) is 35.6 Å². The topological polar surface area (TPSA) is 75.0 Å². The lowest BCUT2D eigenvalue weighted by molar-refractivity contribution is -0.121. The summed E-state index contributed by atoms with van der Waals surface area (Å²) in [5.74, 6) is 0.548. The smallest absolute Gasteiger partial charge is 0.339 e. The standard InChI is InChI=1S/C28H35N3O4/c1-4-30-13-15-31(16-14-30)19-22-7-5-21(6-8-22)18-29-27(32)12-11-25-20(2)24-10-9-23(34-3)17-26(24)35-28(25)33/h5-10,17H,4,11-16,18-19H2,1-3H3,(H,29,32). The van der Waals surface area contributed by atoms with Crippen LogP contribution >= 0.6 is 0 Å². The van der Waals surface area contributed by atoms with Crippen LogP contribution in [-0.2, 0) is 24.3 Å². The third-order valence-electron chi connectivity index (χ3n) is 6.93. The summed E-state index contributed by atoms with van der Waals surface area (Å²) < 4.78 is 10.7. The van der Waals surface area contributed by atoms with Crippen LogP contribution in [0.3, 0.4) is 0 Å². The molecule has 35 heavy (non-hydrogen) atoms. The van der Waals surface area contributed by atoms with Gasteiger partial charge in [-0.3, -0.25) is 9.69 Å². The van der Waals surface area contributed by atoms with Gasteiger partial charge in [0.25, 0.3) is 0 Å². The van der Waals surface area contributed by atoms with E-state index in [9.17, 15) is 9.59 Å². The van der Waals surface area contributed by atoms with Crippen molar-refractivity contribution in [1.82, 2.24) is 15.1 Å². The van der Waals surface area contributed by atoms with Crippen LogP contribution in [0.15, 0.2) is 51.7 Å². The average molecular weight is 478 g/mol. The number of hydrogen-bond acceptors (Lipinski definition) is 6. The summed E-state index contributed by atoms with van der Waals surface area (Å²) in [5.41, 5.74) is 3.84. The van der Waals surface area contributed by atoms with Gasteiger partial charge in [-0.2, -0.15) is 0 Å². The van der Waals surface area contributed by atoms with Crippen molar-refractivity contribution >= 4 is 16.9 Å². The molecule has 0 aliphatic carbocycles. The highest BCUT2D eigenvalue weighted by atomic mass is 16.5. The maximum absolute atomic E-state index is 12.5. The zero-order valence-electron chi connectivity index (χ0n) is 20.9. The van der Waals surface area contributed by atoms with Gasteiger partial charge in [-0.1, -0.05) is 31.2 Å². The number of nitrogens with zero attached hydrogens (tertiary/aromatic N) is 2. The molecule has 1 aliphatic rings. The third-order valence-corrected chi connectivity index (χ3v) is 6.93. The Hall–Kier alpha value is -3.16. The van der Waals surface area contributed by atoms with Gasteiger partial charge in [0.05, 0.1) is 7.11 Å². The van der Waals surface area contributed by atoms with Crippen LogP contribution in [0.5, 0.6) is 5.75 Å². The van der Waals surface area contributed by atoms with Crippen molar-refractivity contribution in [3.8, 4) is 5.75 Å². The molecule has 1 aromatic heterocycles. The Kier molecular flexibility index (Phi) is 8.21. The van der Waals surface area contributed by atoms with Crippen molar-refractivity contribution < 1.29 is 13.9 Å². The van der Waals surface area contributed by atoms with Crippen molar-refractivity contribution in [2.75, 3.05) is 39.8 Å². The molecule has 2 aromatic carbocycles. The number of likely N-dealkylation sites (N-methyl/N-ethyl adjacent to an activating group) is 1. The molecule has 0 spiro atoms. The minimum atomic E-state index is -0.400. The van der Waals surface area contributed by atoms with E-state index in [1.54, 1.807) is 13.2 Å². The van der Waals surface area contributed by atoms with E-state index in [1.807, 2.05) is 19.1 Å². The molecule has 186 valence electrons. The largest absolute Gasteiger partial charge is 0.497 e. The van der Waals surface area contributed by atoms with Gasteiger partial charge in [-0.25, -0.2) is 4.79 Å². The highest BCUT2D eigenvalue weighted by Gasteiger charge is 2.16. The number of rotatable bonds is 9. The van der Waals surface area contributed by atoms with E-state index in [2.05, 4.69) is 46.3 Å². The first-order valence-corrected chi connectivity index (χ1v) is 12.4. The van der Waals surface area contributed by atoms with Crippen LogP contribution in [-0.4, -0.2) is 55.5 Å². The summed E-state index contributed by atoms with van der Waals surface area (Å²) >= 11 is 0. The number of hydrogen-bond donors (Lipinski definition) is 1. The number of methoxy groups -OCH3 is 1. The Labute approximate surface area is 206 Å². The Morgan fingerprint density at radius 3 is 2.40 bits per heavy atom. The molecular weight excluding hydrogens is 442 g/mol. The molecule has 7 nitrogen and oxygen atoms in total. The lowest BCUT2D eigenvalue weighted by Gasteiger charge is -2.34. The quantitative estimate of drug-likeness (QED) is 0.476. The summed E-state index contributed by atoms with van der Waals surface area (Å²) in [6.07, 6.45) is 0.571. The second kappa shape index (κ2) is 11.5. The molecule has 3 aromatic rings. The van der Waals surface area contributed by atoms with Gasteiger partial charge < -0.3 is 19.4 Å². The number of benzene rings is 2. The van der Waals surface area contributed by atoms with Gasteiger partial charge in [0.2, 0.25) is 5.91 Å². The predicted octanol–water partition coefficient (Wildman–Crippen LogP) is 3.50. The van der Waals surface area contributed by atoms with Gasteiger partial charge >= 0.3 is 5.63 Å². The van der Waals surface area contributed by atoms with Crippen molar-refractivity contribution in [2.45, 2.75) is 39.8 Å². The number of carbonyl (C=O) groups excluding carboxylic acids is 1. The predicted molar refractivity (Wildman–Crippen MR) is 138 cm³/mol. The SMILES string of the molecule is CCN1CCN(Cc2ccc(CNC(=O)CCc3c(C)c4ccc(OC)cc4oc3=O)cc2)CC1. The van der Waals surface area contributed by atoms with E-state index in [-0.39, 0.29) is 12.3 Å². The molecule has 7 heteroatoms.